The lowest BCUT2D eigenvalue weighted by atomic mass is 9.98. The molecule has 0 bridgehead atoms. The number of sulfonamides is 1. The van der Waals surface area contributed by atoms with Gasteiger partial charge in [-0.3, -0.25) is 9.59 Å². The summed E-state index contributed by atoms with van der Waals surface area (Å²) in [6, 6.07) is 9.72. The number of carbonyl (C=O) groups excluding carboxylic acids is 3. The van der Waals surface area contributed by atoms with E-state index in [1.54, 1.807) is 13.0 Å². The number of nitrogens with one attached hydrogen (secondary N) is 1. The van der Waals surface area contributed by atoms with Crippen LogP contribution in [0.2, 0.25) is 0 Å². The fourth-order valence-corrected chi connectivity index (χ4v) is 5.26. The third-order valence-electron chi connectivity index (χ3n) is 5.52. The molecule has 11 heteroatoms. The fraction of sp³-hybridized carbons (Fsp3) is 0.348. The lowest BCUT2D eigenvalue weighted by Gasteiger charge is -2.30. The van der Waals surface area contributed by atoms with Crippen LogP contribution in [0.15, 0.2) is 47.4 Å². The third kappa shape index (κ3) is 5.78. The molecule has 0 saturated carbocycles. The SMILES string of the molecule is COC(=O)c1ccccc1S(=O)(=O)N1CCC(C(=O)OCC(=O)Nc2cc(F)ccc2C)CC1. The quantitative estimate of drug-likeness (QED) is 0.590. The van der Waals surface area contributed by atoms with Crippen LogP contribution in [0.1, 0.15) is 28.8 Å². The average Bonchev–Trinajstić information content (AvgIpc) is 2.84. The van der Waals surface area contributed by atoms with E-state index in [4.69, 9.17) is 4.74 Å². The smallest absolute Gasteiger partial charge is 0.339 e. The maximum absolute atomic E-state index is 13.4. The Morgan fingerprint density at radius 1 is 1.12 bits per heavy atom. The van der Waals surface area contributed by atoms with Crippen LogP contribution in [0.25, 0.3) is 0 Å². The first-order valence-corrected chi connectivity index (χ1v) is 12.0. The van der Waals surface area contributed by atoms with Crippen molar-refractivity contribution in [3.05, 3.63) is 59.4 Å². The highest BCUT2D eigenvalue weighted by Gasteiger charge is 2.35. The van der Waals surface area contributed by atoms with Crippen molar-refractivity contribution >= 4 is 33.6 Å². The van der Waals surface area contributed by atoms with Crippen LogP contribution in [0.3, 0.4) is 0 Å². The van der Waals surface area contributed by atoms with E-state index in [0.29, 0.717) is 5.56 Å². The van der Waals surface area contributed by atoms with Gasteiger partial charge in [-0.05, 0) is 49.6 Å². The Balaban J connectivity index is 1.55. The minimum Gasteiger partial charge on any atom is -0.465 e. The minimum atomic E-state index is -3.98. The molecule has 0 aromatic heterocycles. The number of hydrogen-bond acceptors (Lipinski definition) is 7. The highest BCUT2D eigenvalue weighted by atomic mass is 32.2. The Bertz CT molecular complexity index is 1190. The molecule has 1 aliphatic rings. The van der Waals surface area contributed by atoms with Crippen LogP contribution >= 0.6 is 0 Å². The van der Waals surface area contributed by atoms with Crippen molar-refractivity contribution in [2.24, 2.45) is 5.92 Å². The molecule has 0 atom stereocenters. The number of amides is 1. The molecule has 1 N–H and O–H groups in total. The second-order valence-electron chi connectivity index (χ2n) is 7.78. The summed E-state index contributed by atoms with van der Waals surface area (Å²) in [5.74, 6) is -3.07. The summed E-state index contributed by atoms with van der Waals surface area (Å²) < 4.78 is 50.4. The van der Waals surface area contributed by atoms with Crippen molar-refractivity contribution in [1.82, 2.24) is 4.31 Å². The van der Waals surface area contributed by atoms with Crippen molar-refractivity contribution in [2.45, 2.75) is 24.7 Å². The van der Waals surface area contributed by atoms with E-state index in [0.717, 1.165) is 0 Å². The summed E-state index contributed by atoms with van der Waals surface area (Å²) in [6.07, 6.45) is 0.395. The number of anilines is 1. The second kappa shape index (κ2) is 10.7. The lowest BCUT2D eigenvalue weighted by Crippen LogP contribution is -2.41. The van der Waals surface area contributed by atoms with Crippen LogP contribution in [-0.4, -0.2) is 57.4 Å². The maximum atomic E-state index is 13.4. The van der Waals surface area contributed by atoms with Gasteiger partial charge >= 0.3 is 11.9 Å². The van der Waals surface area contributed by atoms with E-state index in [2.05, 4.69) is 10.1 Å². The average molecular weight is 493 g/mol. The number of hydrogen-bond donors (Lipinski definition) is 1. The lowest BCUT2D eigenvalue weighted by molar-refractivity contribution is -0.152. The van der Waals surface area contributed by atoms with Crippen molar-refractivity contribution in [3.8, 4) is 0 Å². The standard InChI is InChI=1S/C23H25FN2O7S/c1-15-7-8-17(24)13-19(15)25-21(27)14-33-22(28)16-9-11-26(12-10-16)34(30,31)20-6-4-3-5-18(20)23(29)32-2/h3-8,13,16H,9-12,14H2,1-2H3,(H,25,27). The minimum absolute atomic E-state index is 0.0479. The summed E-state index contributed by atoms with van der Waals surface area (Å²) in [5, 5.41) is 2.49. The number of ether oxygens (including phenoxy) is 2. The number of rotatable bonds is 7. The van der Waals surface area contributed by atoms with E-state index in [1.165, 1.54) is 47.8 Å². The Morgan fingerprint density at radius 3 is 2.47 bits per heavy atom. The molecule has 1 amide bonds. The zero-order chi connectivity index (χ0) is 24.9. The third-order valence-corrected chi connectivity index (χ3v) is 7.47. The van der Waals surface area contributed by atoms with E-state index < -0.39 is 46.2 Å². The zero-order valence-corrected chi connectivity index (χ0v) is 19.6. The van der Waals surface area contributed by atoms with Gasteiger partial charge in [0.15, 0.2) is 6.61 Å². The van der Waals surface area contributed by atoms with Crippen molar-refractivity contribution in [1.29, 1.82) is 0 Å². The number of halogens is 1. The number of benzene rings is 2. The molecule has 0 unspecified atom stereocenters. The summed E-state index contributed by atoms with van der Waals surface area (Å²) in [7, 11) is -2.81. The van der Waals surface area contributed by atoms with E-state index in [9.17, 15) is 27.2 Å². The molecule has 1 fully saturated rings. The summed E-state index contributed by atoms with van der Waals surface area (Å²) >= 11 is 0. The Labute approximate surface area is 196 Å². The van der Waals surface area contributed by atoms with Crippen LogP contribution in [-0.2, 0) is 29.1 Å². The van der Waals surface area contributed by atoms with Crippen molar-refractivity contribution < 1.29 is 36.7 Å². The number of piperidine rings is 1. The van der Waals surface area contributed by atoms with Crippen LogP contribution in [0.4, 0.5) is 10.1 Å². The summed E-state index contributed by atoms with van der Waals surface area (Å²) in [6.45, 7) is 1.25. The van der Waals surface area contributed by atoms with Crippen molar-refractivity contribution in [2.75, 3.05) is 32.1 Å². The van der Waals surface area contributed by atoms with Gasteiger partial charge in [0, 0.05) is 18.8 Å². The molecule has 3 rings (SSSR count). The molecule has 1 heterocycles. The number of methoxy groups -OCH3 is 1. The summed E-state index contributed by atoms with van der Waals surface area (Å²) in [5.41, 5.74) is 0.876. The number of aryl methyl sites for hydroxylation is 1. The molecule has 2 aromatic carbocycles. The molecule has 182 valence electrons. The van der Waals surface area contributed by atoms with Crippen LogP contribution in [0, 0.1) is 18.7 Å². The predicted molar refractivity (Wildman–Crippen MR) is 120 cm³/mol. The topological polar surface area (TPSA) is 119 Å². The molecule has 34 heavy (non-hydrogen) atoms. The number of nitrogens with zero attached hydrogens (tertiary/aromatic N) is 1. The van der Waals surface area contributed by atoms with Gasteiger partial charge in [0.25, 0.3) is 5.91 Å². The summed E-state index contributed by atoms with van der Waals surface area (Å²) in [4.78, 5) is 36.3. The molecular weight excluding hydrogens is 467 g/mol. The molecule has 1 saturated heterocycles. The van der Waals surface area contributed by atoms with Gasteiger partial charge in [-0.1, -0.05) is 18.2 Å². The Morgan fingerprint density at radius 2 is 1.79 bits per heavy atom. The molecule has 0 aliphatic carbocycles. The van der Waals surface area contributed by atoms with Crippen molar-refractivity contribution in [3.63, 3.8) is 0 Å². The van der Waals surface area contributed by atoms with E-state index in [1.807, 2.05) is 0 Å². The van der Waals surface area contributed by atoms with Gasteiger partial charge in [0.1, 0.15) is 5.82 Å². The first kappa shape index (κ1) is 25.3. The number of esters is 2. The predicted octanol–water partition coefficient (Wildman–Crippen LogP) is 2.50. The van der Waals surface area contributed by atoms with Gasteiger partial charge in [-0.25, -0.2) is 17.6 Å². The second-order valence-corrected chi connectivity index (χ2v) is 9.69. The largest absolute Gasteiger partial charge is 0.465 e. The highest BCUT2D eigenvalue weighted by molar-refractivity contribution is 7.89. The Hall–Kier alpha value is -3.31. The molecular formula is C23H25FN2O7S. The monoisotopic (exact) mass is 492 g/mol. The van der Waals surface area contributed by atoms with Crippen LogP contribution in [0.5, 0.6) is 0 Å². The van der Waals surface area contributed by atoms with Gasteiger partial charge in [-0.15, -0.1) is 0 Å². The Kier molecular flexibility index (Phi) is 8.00. The van der Waals surface area contributed by atoms with Gasteiger partial charge < -0.3 is 14.8 Å². The van der Waals surface area contributed by atoms with Crippen LogP contribution < -0.4 is 5.32 Å². The molecule has 0 radical (unpaired) electrons. The number of carbonyl (C=O) groups is 3. The molecule has 9 nitrogen and oxygen atoms in total. The highest BCUT2D eigenvalue weighted by Crippen LogP contribution is 2.27. The van der Waals surface area contributed by atoms with E-state index >= 15 is 0 Å². The molecule has 0 spiro atoms. The van der Waals surface area contributed by atoms with E-state index in [-0.39, 0.29) is 42.1 Å². The maximum Gasteiger partial charge on any atom is 0.339 e. The first-order chi connectivity index (χ1) is 16.1. The van der Waals surface area contributed by atoms with Gasteiger partial charge in [-0.2, -0.15) is 4.31 Å². The van der Waals surface area contributed by atoms with Gasteiger partial charge in [0.2, 0.25) is 10.0 Å². The van der Waals surface area contributed by atoms with Gasteiger partial charge in [0.05, 0.1) is 23.5 Å². The molecule has 1 aliphatic heterocycles. The zero-order valence-electron chi connectivity index (χ0n) is 18.7. The normalized spacial score (nSPS) is 14.9. The fourth-order valence-electron chi connectivity index (χ4n) is 3.61. The first-order valence-electron chi connectivity index (χ1n) is 10.5. The molecule has 2 aromatic rings.